The van der Waals surface area contributed by atoms with Gasteiger partial charge in [-0.2, -0.15) is 0 Å². The van der Waals surface area contributed by atoms with Crippen LogP contribution in [0.4, 0.5) is 0 Å². The third kappa shape index (κ3) is 52.4. The maximum atomic E-state index is 12.6. The van der Waals surface area contributed by atoms with Gasteiger partial charge in [0.1, 0.15) is 6.10 Å². The van der Waals surface area contributed by atoms with Gasteiger partial charge in [0.25, 0.3) is 0 Å². The molecule has 0 saturated carbocycles. The lowest BCUT2D eigenvalue weighted by atomic mass is 10.0. The van der Waals surface area contributed by atoms with Gasteiger partial charge in [0.2, 0.25) is 5.91 Å². The molecule has 402 valence electrons. The molecule has 0 radical (unpaired) electrons. The summed E-state index contributed by atoms with van der Waals surface area (Å²) in [6, 6.07) is -0.815. The van der Waals surface area contributed by atoms with E-state index in [4.69, 9.17) is 0 Å². The maximum Gasteiger partial charge on any atom is 0.249 e. The Morgan fingerprint density at radius 2 is 0.603 bits per heavy atom. The van der Waals surface area contributed by atoms with Crippen LogP contribution in [-0.4, -0.2) is 46.1 Å². The summed E-state index contributed by atoms with van der Waals surface area (Å²) in [6.07, 6.45) is 76.8. The van der Waals surface area contributed by atoms with Crippen molar-refractivity contribution < 1.29 is 20.1 Å². The minimum absolute atomic E-state index is 0.374. The van der Waals surface area contributed by atoms with Gasteiger partial charge in [0.05, 0.1) is 18.8 Å². The highest BCUT2D eigenvalue weighted by atomic mass is 16.3. The van der Waals surface area contributed by atoms with Crippen molar-refractivity contribution in [3.8, 4) is 0 Å². The Morgan fingerprint density at radius 3 is 0.897 bits per heavy atom. The third-order valence-corrected chi connectivity index (χ3v) is 14.5. The van der Waals surface area contributed by atoms with Crippen LogP contribution in [0.15, 0.2) is 36.5 Å². The van der Waals surface area contributed by atoms with E-state index in [-0.39, 0.29) is 6.61 Å². The van der Waals surface area contributed by atoms with Gasteiger partial charge >= 0.3 is 0 Å². The van der Waals surface area contributed by atoms with Gasteiger partial charge in [-0.25, -0.2) is 0 Å². The lowest BCUT2D eigenvalue weighted by Gasteiger charge is -2.21. The topological polar surface area (TPSA) is 89.8 Å². The summed E-state index contributed by atoms with van der Waals surface area (Å²) in [6.45, 7) is 4.21. The molecule has 0 aromatic rings. The van der Waals surface area contributed by atoms with Gasteiger partial charge in [0, 0.05) is 0 Å². The molecule has 0 aliphatic rings. The summed E-state index contributed by atoms with van der Waals surface area (Å²) in [5.41, 5.74) is 0. The summed E-state index contributed by atoms with van der Waals surface area (Å²) in [5.74, 6) is -0.508. The quantitative estimate of drug-likeness (QED) is 0.0361. The fourth-order valence-corrected chi connectivity index (χ4v) is 9.67. The Hall–Kier alpha value is -1.43. The van der Waals surface area contributed by atoms with Gasteiger partial charge in [-0.3, -0.25) is 4.79 Å². The average Bonchev–Trinajstić information content (AvgIpc) is 3.34. The van der Waals surface area contributed by atoms with Crippen molar-refractivity contribution in [2.75, 3.05) is 6.61 Å². The SMILES string of the molecule is CCCCCCCCCCCCCCCC/C=C\CCCCCCCCCCCCCCCCCCC(O)C(=O)NC(CO)C(O)/C=C/CC/C=C/CCCCCCCCCCCCCCCC. The van der Waals surface area contributed by atoms with Crippen LogP contribution in [0.3, 0.4) is 0 Å². The number of amides is 1. The van der Waals surface area contributed by atoms with Crippen molar-refractivity contribution in [1.29, 1.82) is 0 Å². The second-order valence-corrected chi connectivity index (χ2v) is 21.3. The van der Waals surface area contributed by atoms with E-state index in [2.05, 4.69) is 43.5 Å². The molecule has 4 N–H and O–H groups in total. The van der Waals surface area contributed by atoms with E-state index in [0.717, 1.165) is 38.5 Å². The smallest absolute Gasteiger partial charge is 0.249 e. The van der Waals surface area contributed by atoms with Gasteiger partial charge < -0.3 is 20.6 Å². The van der Waals surface area contributed by atoms with Crippen molar-refractivity contribution in [2.45, 2.75) is 353 Å². The lowest BCUT2D eigenvalue weighted by molar-refractivity contribution is -0.131. The van der Waals surface area contributed by atoms with Crippen LogP contribution in [0.25, 0.3) is 0 Å². The van der Waals surface area contributed by atoms with Gasteiger partial charge in [-0.15, -0.1) is 0 Å². The lowest BCUT2D eigenvalue weighted by Crippen LogP contribution is -2.48. The first-order chi connectivity index (χ1) is 33.6. The molecule has 0 aliphatic heterocycles. The van der Waals surface area contributed by atoms with E-state index in [1.807, 2.05) is 6.08 Å². The molecular weight excluding hydrogens is 835 g/mol. The zero-order chi connectivity index (χ0) is 49.3. The molecule has 0 aliphatic carbocycles. The number of aliphatic hydroxyl groups is 3. The highest BCUT2D eigenvalue weighted by Crippen LogP contribution is 2.18. The number of hydrogen-bond donors (Lipinski definition) is 4. The molecule has 0 saturated heterocycles. The second-order valence-electron chi connectivity index (χ2n) is 21.3. The average molecular weight is 957 g/mol. The summed E-state index contributed by atoms with van der Waals surface area (Å²) >= 11 is 0. The van der Waals surface area contributed by atoms with Crippen LogP contribution >= 0.6 is 0 Å². The van der Waals surface area contributed by atoms with E-state index in [1.165, 1.54) is 276 Å². The van der Waals surface area contributed by atoms with Crippen molar-refractivity contribution >= 4 is 5.91 Å². The molecule has 0 rings (SSSR count). The number of carbonyl (C=O) groups excluding carboxylic acids is 1. The Bertz CT molecular complexity index is 1060. The van der Waals surface area contributed by atoms with Crippen LogP contribution in [0.5, 0.6) is 0 Å². The van der Waals surface area contributed by atoms with E-state index >= 15 is 0 Å². The molecule has 3 unspecified atom stereocenters. The zero-order valence-electron chi connectivity index (χ0n) is 46.0. The first kappa shape index (κ1) is 66.6. The molecule has 0 bridgehead atoms. The number of allylic oxidation sites excluding steroid dienone is 5. The molecule has 3 atom stereocenters. The van der Waals surface area contributed by atoms with Gasteiger partial charge in [-0.05, 0) is 57.8 Å². The number of carbonyl (C=O) groups is 1. The second kappa shape index (κ2) is 58.1. The summed E-state index contributed by atoms with van der Waals surface area (Å²) in [7, 11) is 0. The van der Waals surface area contributed by atoms with Crippen LogP contribution in [0.1, 0.15) is 335 Å². The standard InChI is InChI=1S/C63H121NO4/c1-3-5-7-9-11-13-15-17-19-21-23-25-26-27-28-29-30-31-32-33-34-35-36-37-38-40-42-44-46-48-50-52-54-56-58-62(67)63(68)64-60(59-65)61(66)57-55-53-51-49-47-45-43-41-39-24-22-20-18-16-14-12-10-8-6-4-2/h29-30,47,49,55,57,60-62,65-67H,3-28,31-46,48,50-54,56,58-59H2,1-2H3,(H,64,68)/b30-29-,49-47+,57-55+. The largest absolute Gasteiger partial charge is 0.394 e. The minimum Gasteiger partial charge on any atom is -0.394 e. The van der Waals surface area contributed by atoms with Crippen molar-refractivity contribution in [3.05, 3.63) is 36.5 Å². The minimum atomic E-state index is -1.11. The Kier molecular flexibility index (Phi) is 56.9. The predicted octanol–water partition coefficient (Wildman–Crippen LogP) is 19.4. The van der Waals surface area contributed by atoms with Crippen LogP contribution in [0.2, 0.25) is 0 Å². The van der Waals surface area contributed by atoms with E-state index < -0.39 is 24.2 Å². The monoisotopic (exact) mass is 956 g/mol. The Labute approximate surface area is 425 Å². The van der Waals surface area contributed by atoms with Crippen molar-refractivity contribution in [2.24, 2.45) is 0 Å². The van der Waals surface area contributed by atoms with E-state index in [9.17, 15) is 20.1 Å². The number of nitrogens with one attached hydrogen (secondary N) is 1. The highest BCUT2D eigenvalue weighted by Gasteiger charge is 2.22. The number of unbranched alkanes of at least 4 members (excludes halogenated alkanes) is 45. The summed E-state index contributed by atoms with van der Waals surface area (Å²) in [4.78, 5) is 12.6. The van der Waals surface area contributed by atoms with Gasteiger partial charge in [0.15, 0.2) is 0 Å². The molecule has 0 fully saturated rings. The molecular formula is C63H121NO4. The number of rotatable bonds is 57. The van der Waals surface area contributed by atoms with Crippen molar-refractivity contribution in [3.63, 3.8) is 0 Å². The maximum absolute atomic E-state index is 12.6. The van der Waals surface area contributed by atoms with Crippen LogP contribution in [-0.2, 0) is 4.79 Å². The molecule has 0 aromatic carbocycles. The van der Waals surface area contributed by atoms with E-state index in [0.29, 0.717) is 6.42 Å². The molecule has 0 spiro atoms. The highest BCUT2D eigenvalue weighted by molar-refractivity contribution is 5.80. The van der Waals surface area contributed by atoms with Crippen molar-refractivity contribution in [1.82, 2.24) is 5.32 Å². The molecule has 68 heavy (non-hydrogen) atoms. The van der Waals surface area contributed by atoms with Gasteiger partial charge in [-0.1, -0.05) is 314 Å². The fraction of sp³-hybridized carbons (Fsp3) is 0.889. The first-order valence-corrected chi connectivity index (χ1v) is 30.8. The zero-order valence-corrected chi connectivity index (χ0v) is 46.0. The number of hydrogen-bond acceptors (Lipinski definition) is 4. The first-order valence-electron chi connectivity index (χ1n) is 30.8. The third-order valence-electron chi connectivity index (χ3n) is 14.5. The van der Waals surface area contributed by atoms with Crippen LogP contribution in [0, 0.1) is 0 Å². The molecule has 0 aromatic heterocycles. The number of aliphatic hydroxyl groups excluding tert-OH is 3. The molecule has 0 heterocycles. The fourth-order valence-electron chi connectivity index (χ4n) is 9.67. The molecule has 5 nitrogen and oxygen atoms in total. The Morgan fingerprint density at radius 1 is 0.353 bits per heavy atom. The molecule has 1 amide bonds. The summed E-state index contributed by atoms with van der Waals surface area (Å²) in [5, 5.41) is 33.4. The normalized spacial score (nSPS) is 13.4. The predicted molar refractivity (Wildman–Crippen MR) is 301 cm³/mol. The van der Waals surface area contributed by atoms with E-state index in [1.54, 1.807) is 6.08 Å². The summed E-state index contributed by atoms with van der Waals surface area (Å²) < 4.78 is 0. The van der Waals surface area contributed by atoms with Crippen LogP contribution < -0.4 is 5.32 Å². The molecule has 5 heteroatoms. The Balaban J connectivity index is 3.53.